The maximum absolute atomic E-state index is 14.8. The maximum Gasteiger partial charge on any atom is 0.309 e. The summed E-state index contributed by atoms with van der Waals surface area (Å²) in [5.74, 6) is -3.40. The van der Waals surface area contributed by atoms with E-state index in [1.54, 1.807) is 26.0 Å². The van der Waals surface area contributed by atoms with Gasteiger partial charge in [-0.2, -0.15) is 0 Å². The first-order valence-corrected chi connectivity index (χ1v) is 16.0. The van der Waals surface area contributed by atoms with E-state index < -0.39 is 70.5 Å². The van der Waals surface area contributed by atoms with Crippen molar-refractivity contribution in [3.63, 3.8) is 0 Å². The molecular formula is C34H52O8. The molecule has 4 aliphatic carbocycles. The molecule has 8 nitrogen and oxygen atoms in total. The number of fused-ring (bicyclic) bond motifs is 3. The largest absolute Gasteiger partial charge is 0.458 e. The molecule has 1 spiro atoms. The standard InChI is InChI=1S/C34H52O8/c1-9-10-11-12-13-14-25(36)42-33-17-21(5)32-16-20(4)29(41-30(39)22(6)19(2)3)34(32,40)27(37)23(18-35)15-24(28(32)38)26(33)31(33,7)8/h15-16,19,21-22,24,26-27,29,35,37,40H,9-14,17-18H2,1-8H3/t21?,22?,24-,26+,27+,29-,32?,33-,34-/m0/s1. The Morgan fingerprint density at radius 3 is 2.36 bits per heavy atom. The van der Waals surface area contributed by atoms with Gasteiger partial charge in [-0.1, -0.05) is 86.3 Å². The molecule has 8 heteroatoms. The fourth-order valence-corrected chi connectivity index (χ4v) is 8.52. The quantitative estimate of drug-likeness (QED) is 0.180. The second kappa shape index (κ2) is 11.5. The van der Waals surface area contributed by atoms with E-state index in [1.807, 2.05) is 34.6 Å². The number of aliphatic hydroxyl groups excluding tert-OH is 2. The van der Waals surface area contributed by atoms with E-state index in [4.69, 9.17) is 9.47 Å². The average molecular weight is 589 g/mol. The lowest BCUT2D eigenvalue weighted by Gasteiger charge is -2.49. The molecule has 4 rings (SSSR count). The van der Waals surface area contributed by atoms with Crippen LogP contribution in [0, 0.1) is 40.4 Å². The number of aliphatic hydroxyl groups is 3. The van der Waals surface area contributed by atoms with Crippen LogP contribution < -0.4 is 0 Å². The second-order valence-electron chi connectivity index (χ2n) is 14.5. The van der Waals surface area contributed by atoms with Crippen molar-refractivity contribution in [3.05, 3.63) is 23.3 Å². The minimum absolute atomic E-state index is 0.0166. The van der Waals surface area contributed by atoms with Crippen molar-refractivity contribution in [1.29, 1.82) is 0 Å². The molecule has 0 aliphatic heterocycles. The van der Waals surface area contributed by atoms with Gasteiger partial charge >= 0.3 is 11.9 Å². The van der Waals surface area contributed by atoms with Crippen LogP contribution >= 0.6 is 0 Å². The lowest BCUT2D eigenvalue weighted by molar-refractivity contribution is -0.206. The fourth-order valence-electron chi connectivity index (χ4n) is 8.52. The number of Topliss-reactive ketones (excluding diaryl/α,β-unsaturated/α-hetero) is 1. The highest BCUT2D eigenvalue weighted by atomic mass is 16.6. The zero-order valence-electron chi connectivity index (χ0n) is 26.7. The Balaban J connectivity index is 1.76. The number of ketones is 1. The molecule has 0 radical (unpaired) electrons. The van der Waals surface area contributed by atoms with Gasteiger partial charge in [0.1, 0.15) is 11.7 Å². The molecule has 2 bridgehead atoms. The lowest BCUT2D eigenvalue weighted by atomic mass is 9.59. The summed E-state index contributed by atoms with van der Waals surface area (Å²) < 4.78 is 12.3. The molecule has 0 aromatic heterocycles. The van der Waals surface area contributed by atoms with Crippen LogP contribution in [-0.4, -0.2) is 63.1 Å². The second-order valence-corrected chi connectivity index (χ2v) is 14.5. The van der Waals surface area contributed by atoms with Crippen LogP contribution in [0.1, 0.15) is 100 Å². The molecule has 4 aliphatic rings. The minimum atomic E-state index is -2.24. The van der Waals surface area contributed by atoms with Gasteiger partial charge in [0, 0.05) is 23.7 Å². The summed E-state index contributed by atoms with van der Waals surface area (Å²) in [6, 6.07) is 0. The smallest absolute Gasteiger partial charge is 0.309 e. The molecule has 0 aromatic carbocycles. The number of rotatable bonds is 11. The van der Waals surface area contributed by atoms with Crippen LogP contribution in [0.3, 0.4) is 0 Å². The first-order valence-electron chi connectivity index (χ1n) is 16.0. The van der Waals surface area contributed by atoms with E-state index in [-0.39, 0.29) is 23.2 Å². The van der Waals surface area contributed by atoms with Gasteiger partial charge in [0.15, 0.2) is 17.5 Å². The Labute approximate surface area is 250 Å². The van der Waals surface area contributed by atoms with Crippen molar-refractivity contribution in [1.82, 2.24) is 0 Å². The lowest BCUT2D eigenvalue weighted by Crippen LogP contribution is -2.66. The van der Waals surface area contributed by atoms with Crippen molar-refractivity contribution in [2.75, 3.05) is 6.61 Å². The van der Waals surface area contributed by atoms with Crippen LogP contribution in [0.4, 0.5) is 0 Å². The molecule has 42 heavy (non-hydrogen) atoms. The number of carbonyl (C=O) groups is 3. The van der Waals surface area contributed by atoms with Crippen molar-refractivity contribution >= 4 is 17.7 Å². The van der Waals surface area contributed by atoms with E-state index in [2.05, 4.69) is 6.92 Å². The van der Waals surface area contributed by atoms with E-state index in [1.165, 1.54) is 0 Å². The summed E-state index contributed by atoms with van der Waals surface area (Å²) in [5, 5.41) is 34.8. The van der Waals surface area contributed by atoms with Gasteiger partial charge in [-0.3, -0.25) is 14.4 Å². The highest BCUT2D eigenvalue weighted by molar-refractivity contribution is 5.96. The zero-order valence-corrected chi connectivity index (χ0v) is 26.7. The van der Waals surface area contributed by atoms with E-state index in [0.717, 1.165) is 32.1 Å². The van der Waals surface area contributed by atoms with Gasteiger partial charge < -0.3 is 24.8 Å². The number of carbonyl (C=O) groups excluding carboxylic acids is 3. The first-order chi connectivity index (χ1) is 19.6. The molecule has 3 unspecified atom stereocenters. The molecular weight excluding hydrogens is 536 g/mol. The molecule has 0 heterocycles. The van der Waals surface area contributed by atoms with Crippen molar-refractivity contribution in [2.24, 2.45) is 40.4 Å². The maximum atomic E-state index is 14.8. The van der Waals surface area contributed by atoms with Crippen LogP contribution in [-0.2, 0) is 23.9 Å². The summed E-state index contributed by atoms with van der Waals surface area (Å²) in [5.41, 5.74) is -4.77. The molecule has 9 atom stereocenters. The van der Waals surface area contributed by atoms with Gasteiger partial charge in [-0.05, 0) is 42.7 Å². The summed E-state index contributed by atoms with van der Waals surface area (Å²) in [6.07, 6.45) is 5.95. The van der Waals surface area contributed by atoms with Crippen molar-refractivity contribution < 1.29 is 39.2 Å². The van der Waals surface area contributed by atoms with Gasteiger partial charge in [-0.15, -0.1) is 0 Å². The number of unbranched alkanes of at least 4 members (excludes halogenated alkanes) is 4. The Morgan fingerprint density at radius 2 is 1.76 bits per heavy atom. The van der Waals surface area contributed by atoms with Crippen LogP contribution in [0.25, 0.3) is 0 Å². The van der Waals surface area contributed by atoms with Gasteiger partial charge in [0.05, 0.1) is 17.9 Å². The molecule has 236 valence electrons. The minimum Gasteiger partial charge on any atom is -0.458 e. The molecule has 0 aromatic rings. The number of ether oxygens (including phenoxy) is 2. The summed E-state index contributed by atoms with van der Waals surface area (Å²) in [7, 11) is 0. The Morgan fingerprint density at radius 1 is 1.12 bits per heavy atom. The predicted molar refractivity (Wildman–Crippen MR) is 158 cm³/mol. The summed E-state index contributed by atoms with van der Waals surface area (Å²) in [6.45, 7) is 14.6. The van der Waals surface area contributed by atoms with Crippen molar-refractivity contribution in [2.45, 2.75) is 124 Å². The monoisotopic (exact) mass is 588 g/mol. The summed E-state index contributed by atoms with van der Waals surface area (Å²) >= 11 is 0. The topological polar surface area (TPSA) is 130 Å². The zero-order chi connectivity index (χ0) is 31.4. The number of allylic oxidation sites excluding steroid dienone is 1. The normalized spacial score (nSPS) is 38.9. The van der Waals surface area contributed by atoms with Gasteiger partial charge in [0.25, 0.3) is 0 Å². The third-order valence-corrected chi connectivity index (χ3v) is 11.4. The van der Waals surface area contributed by atoms with Gasteiger partial charge in [-0.25, -0.2) is 0 Å². The average Bonchev–Trinajstić information content (AvgIpc) is 3.32. The third kappa shape index (κ3) is 4.62. The van der Waals surface area contributed by atoms with Crippen LogP contribution in [0.15, 0.2) is 23.3 Å². The highest BCUT2D eigenvalue weighted by Gasteiger charge is 2.83. The number of hydrogen-bond acceptors (Lipinski definition) is 8. The third-order valence-electron chi connectivity index (χ3n) is 11.4. The molecule has 0 amide bonds. The van der Waals surface area contributed by atoms with E-state index in [9.17, 15) is 29.7 Å². The van der Waals surface area contributed by atoms with Crippen molar-refractivity contribution in [3.8, 4) is 0 Å². The van der Waals surface area contributed by atoms with Crippen LogP contribution in [0.5, 0.6) is 0 Å². The highest BCUT2D eigenvalue weighted by Crippen LogP contribution is 2.75. The van der Waals surface area contributed by atoms with Crippen LogP contribution in [0.2, 0.25) is 0 Å². The predicted octanol–water partition coefficient (Wildman–Crippen LogP) is 4.68. The van der Waals surface area contributed by atoms with E-state index in [0.29, 0.717) is 18.4 Å². The van der Waals surface area contributed by atoms with E-state index >= 15 is 0 Å². The number of hydrogen-bond donors (Lipinski definition) is 3. The molecule has 2 fully saturated rings. The number of esters is 2. The Bertz CT molecular complexity index is 1150. The Kier molecular flexibility index (Phi) is 8.98. The molecule has 0 saturated heterocycles. The fraction of sp³-hybridized carbons (Fsp3) is 0.794. The Hall–Kier alpha value is -2.03. The summed E-state index contributed by atoms with van der Waals surface area (Å²) in [4.78, 5) is 41.2. The molecule has 2 saturated carbocycles. The SMILES string of the molecule is CCCCCCCC(=O)O[C@@]12CC(C)C34C=C(C)[C@H](OC(=O)C(C)C(C)C)[C@@]3(O)[C@H](O)C(CO)=C[C@H](C4=O)[C@@H]1C2(C)C. The first kappa shape index (κ1) is 32.9. The van der Waals surface area contributed by atoms with Gasteiger partial charge in [0.2, 0.25) is 0 Å². The molecule has 3 N–H and O–H groups in total.